The normalized spacial score (nSPS) is 14.8. The Hall–Kier alpha value is -2.94. The van der Waals surface area contributed by atoms with Gasteiger partial charge in [-0.05, 0) is 35.9 Å². The number of anilines is 1. The second-order valence-electron chi connectivity index (χ2n) is 5.94. The summed E-state index contributed by atoms with van der Waals surface area (Å²) < 4.78 is 40.8. The van der Waals surface area contributed by atoms with Crippen LogP contribution < -0.4 is 19.8 Å². The van der Waals surface area contributed by atoms with Gasteiger partial charge in [0.05, 0.1) is 10.1 Å². The predicted octanol–water partition coefficient (Wildman–Crippen LogP) is 2.21. The lowest BCUT2D eigenvalue weighted by atomic mass is 10.2. The fourth-order valence-electron chi connectivity index (χ4n) is 2.77. The van der Waals surface area contributed by atoms with Crippen LogP contribution in [-0.4, -0.2) is 16.2 Å². The van der Waals surface area contributed by atoms with Crippen LogP contribution in [0.5, 0.6) is 0 Å². The van der Waals surface area contributed by atoms with Crippen molar-refractivity contribution in [3.05, 3.63) is 79.6 Å². The number of aromatic nitrogens is 2. The summed E-state index contributed by atoms with van der Waals surface area (Å²) in [6.45, 7) is 0.337. The lowest BCUT2D eigenvalue weighted by Gasteiger charge is -2.26. The number of rotatable bonds is 2. The predicted molar refractivity (Wildman–Crippen MR) is 96.0 cm³/mol. The Balaban J connectivity index is 1.69. The molecule has 2 aromatic heterocycles. The van der Waals surface area contributed by atoms with Crippen LogP contribution in [0.15, 0.2) is 58.6 Å². The van der Waals surface area contributed by atoms with Crippen molar-refractivity contribution in [1.82, 2.24) is 9.55 Å². The molecule has 5 nitrogen and oxygen atoms in total. The number of hydrogen-bond donors (Lipinski definition) is 0. The maximum absolute atomic E-state index is 12.9. The molecule has 0 unspecified atom stereocenters. The standard InChI is InChI=1S/C18H13F3N4OS/c19-18(20,21)13-4-1-5-14(8-13)24-10-23-17-25(11-24)16(26)15(27-17)7-12-3-2-6-22-9-12/h1-9H,10-11H2/b15-7+. The van der Waals surface area contributed by atoms with Crippen LogP contribution in [-0.2, 0) is 12.8 Å². The molecule has 1 aliphatic heterocycles. The number of halogens is 3. The Morgan fingerprint density at radius 2 is 2.04 bits per heavy atom. The summed E-state index contributed by atoms with van der Waals surface area (Å²) in [6.07, 6.45) is 0.607. The fourth-order valence-corrected chi connectivity index (χ4v) is 3.73. The third-order valence-corrected chi connectivity index (χ3v) is 5.14. The Labute approximate surface area is 155 Å². The minimum absolute atomic E-state index is 0.149. The molecule has 27 heavy (non-hydrogen) atoms. The molecule has 0 amide bonds. The zero-order valence-corrected chi connectivity index (χ0v) is 14.7. The molecule has 3 heterocycles. The molecule has 0 spiro atoms. The minimum Gasteiger partial charge on any atom is -0.334 e. The molecule has 1 aliphatic rings. The summed E-state index contributed by atoms with van der Waals surface area (Å²) in [7, 11) is 0. The highest BCUT2D eigenvalue weighted by molar-refractivity contribution is 7.07. The van der Waals surface area contributed by atoms with Crippen LogP contribution in [0.25, 0.3) is 6.08 Å². The van der Waals surface area contributed by atoms with Crippen molar-refractivity contribution >= 4 is 23.1 Å². The van der Waals surface area contributed by atoms with Crippen LogP contribution in [0.3, 0.4) is 0 Å². The van der Waals surface area contributed by atoms with Gasteiger partial charge in [-0.2, -0.15) is 13.2 Å². The number of thiazole rings is 1. The molecule has 0 bridgehead atoms. The van der Waals surface area contributed by atoms with Crippen molar-refractivity contribution in [3.8, 4) is 0 Å². The van der Waals surface area contributed by atoms with Crippen molar-refractivity contribution in [3.63, 3.8) is 0 Å². The van der Waals surface area contributed by atoms with Crippen LogP contribution in [0.4, 0.5) is 18.9 Å². The average Bonchev–Trinajstić information content (AvgIpc) is 2.97. The molecule has 0 saturated heterocycles. The third-order valence-electron chi connectivity index (χ3n) is 4.10. The van der Waals surface area contributed by atoms with E-state index in [0.717, 1.165) is 17.7 Å². The summed E-state index contributed by atoms with van der Waals surface area (Å²) in [5.41, 5.74) is 0.215. The van der Waals surface area contributed by atoms with Gasteiger partial charge in [0.15, 0.2) is 4.80 Å². The van der Waals surface area contributed by atoms with E-state index in [1.54, 1.807) is 35.5 Å². The largest absolute Gasteiger partial charge is 0.416 e. The molecule has 3 aromatic rings. The summed E-state index contributed by atoms with van der Waals surface area (Å²) >= 11 is 1.26. The first-order valence-electron chi connectivity index (χ1n) is 8.00. The van der Waals surface area contributed by atoms with Crippen molar-refractivity contribution in [2.75, 3.05) is 11.6 Å². The van der Waals surface area contributed by atoms with Gasteiger partial charge in [0.25, 0.3) is 5.56 Å². The Morgan fingerprint density at radius 1 is 1.19 bits per heavy atom. The quantitative estimate of drug-likeness (QED) is 0.674. The van der Waals surface area contributed by atoms with Gasteiger partial charge in [-0.3, -0.25) is 14.3 Å². The Bertz CT molecular complexity index is 1150. The molecule has 0 radical (unpaired) electrons. The number of nitrogens with zero attached hydrogens (tertiary/aromatic N) is 4. The third kappa shape index (κ3) is 3.50. The Morgan fingerprint density at radius 3 is 2.78 bits per heavy atom. The second-order valence-corrected chi connectivity index (χ2v) is 6.95. The van der Waals surface area contributed by atoms with E-state index in [-0.39, 0.29) is 18.9 Å². The van der Waals surface area contributed by atoms with E-state index in [0.29, 0.717) is 15.0 Å². The molecular weight excluding hydrogens is 377 g/mol. The maximum Gasteiger partial charge on any atom is 0.416 e. The maximum atomic E-state index is 12.9. The molecule has 0 fully saturated rings. The number of hydrogen-bond acceptors (Lipinski definition) is 5. The van der Waals surface area contributed by atoms with E-state index in [4.69, 9.17) is 0 Å². The molecule has 0 aliphatic carbocycles. The van der Waals surface area contributed by atoms with Gasteiger partial charge in [-0.15, -0.1) is 0 Å². The van der Waals surface area contributed by atoms with E-state index in [1.807, 2.05) is 6.07 Å². The highest BCUT2D eigenvalue weighted by Gasteiger charge is 2.31. The van der Waals surface area contributed by atoms with Crippen LogP contribution in [0, 0.1) is 0 Å². The van der Waals surface area contributed by atoms with Gasteiger partial charge in [0, 0.05) is 18.1 Å². The smallest absolute Gasteiger partial charge is 0.334 e. The average molecular weight is 390 g/mol. The topological polar surface area (TPSA) is 50.5 Å². The fraction of sp³-hybridized carbons (Fsp3) is 0.167. The van der Waals surface area contributed by atoms with Gasteiger partial charge >= 0.3 is 6.18 Å². The zero-order valence-electron chi connectivity index (χ0n) is 13.8. The molecule has 9 heteroatoms. The monoisotopic (exact) mass is 390 g/mol. The van der Waals surface area contributed by atoms with E-state index in [9.17, 15) is 18.0 Å². The molecule has 138 valence electrons. The molecule has 1 aromatic carbocycles. The van der Waals surface area contributed by atoms with Crippen LogP contribution in [0.1, 0.15) is 11.1 Å². The molecule has 0 saturated carbocycles. The first kappa shape index (κ1) is 17.5. The first-order chi connectivity index (χ1) is 12.9. The number of pyridine rings is 1. The van der Waals surface area contributed by atoms with Gasteiger partial charge in [0.2, 0.25) is 0 Å². The minimum atomic E-state index is -4.42. The SMILES string of the molecule is O=c1/c(=C\c2cccnc2)sc2n1CN(c1cccc(C(F)(F)F)c1)CN=2. The highest BCUT2D eigenvalue weighted by Crippen LogP contribution is 2.31. The van der Waals surface area contributed by atoms with E-state index < -0.39 is 11.7 Å². The van der Waals surface area contributed by atoms with Gasteiger partial charge in [0.1, 0.15) is 13.3 Å². The van der Waals surface area contributed by atoms with Crippen molar-refractivity contribution in [2.45, 2.75) is 12.8 Å². The van der Waals surface area contributed by atoms with Crippen LogP contribution >= 0.6 is 11.3 Å². The van der Waals surface area contributed by atoms with E-state index >= 15 is 0 Å². The number of fused-ring (bicyclic) bond motifs is 1. The number of alkyl halides is 3. The Kier molecular flexibility index (Phi) is 4.31. The van der Waals surface area contributed by atoms with Gasteiger partial charge < -0.3 is 4.90 Å². The van der Waals surface area contributed by atoms with Crippen LogP contribution in [0.2, 0.25) is 0 Å². The lowest BCUT2D eigenvalue weighted by molar-refractivity contribution is -0.137. The zero-order chi connectivity index (χ0) is 19.0. The molecule has 4 rings (SSSR count). The van der Waals surface area contributed by atoms with E-state index in [1.165, 1.54) is 22.0 Å². The van der Waals surface area contributed by atoms with E-state index in [2.05, 4.69) is 9.98 Å². The summed E-state index contributed by atoms with van der Waals surface area (Å²) in [5, 5.41) is 0. The molecule has 0 atom stereocenters. The first-order valence-corrected chi connectivity index (χ1v) is 8.81. The van der Waals surface area contributed by atoms with Gasteiger partial charge in [-0.25, -0.2) is 4.99 Å². The van der Waals surface area contributed by atoms with Crippen molar-refractivity contribution in [1.29, 1.82) is 0 Å². The highest BCUT2D eigenvalue weighted by atomic mass is 32.1. The summed E-state index contributed by atoms with van der Waals surface area (Å²) in [6, 6.07) is 8.63. The number of benzene rings is 1. The molecule has 0 N–H and O–H groups in total. The summed E-state index contributed by atoms with van der Waals surface area (Å²) in [4.78, 5) is 23.2. The van der Waals surface area contributed by atoms with Crippen molar-refractivity contribution < 1.29 is 13.2 Å². The van der Waals surface area contributed by atoms with Gasteiger partial charge in [-0.1, -0.05) is 23.5 Å². The lowest BCUT2D eigenvalue weighted by Crippen LogP contribution is -2.42. The summed E-state index contributed by atoms with van der Waals surface area (Å²) in [5.74, 6) is 0. The van der Waals surface area contributed by atoms with Crippen molar-refractivity contribution in [2.24, 2.45) is 4.99 Å². The molecular formula is C18H13F3N4OS. The second kappa shape index (κ2) is 6.66.